The molecule has 444 valence electrons. The number of para-hydroxylation sites is 1. The summed E-state index contributed by atoms with van der Waals surface area (Å²) in [6.07, 6.45) is 4.04. The van der Waals surface area contributed by atoms with Crippen LogP contribution in [0, 0.1) is 25.2 Å². The van der Waals surface area contributed by atoms with E-state index < -0.39 is 51.3 Å². The number of aromatic nitrogens is 5. The van der Waals surface area contributed by atoms with Crippen LogP contribution < -0.4 is 25.6 Å². The number of fused-ring (bicyclic) bond motifs is 2. The summed E-state index contributed by atoms with van der Waals surface area (Å²) in [6.45, 7) is 16.9. The molecule has 7 aromatic rings. The number of carbonyl (C=O) groups excluding carboxylic acids is 5. The van der Waals surface area contributed by atoms with Crippen molar-refractivity contribution >= 4 is 83.4 Å². The first-order chi connectivity index (χ1) is 40.0. The molecule has 84 heavy (non-hydrogen) atoms. The Labute approximate surface area is 499 Å². The van der Waals surface area contributed by atoms with Gasteiger partial charge in [0.1, 0.15) is 23.6 Å². The summed E-state index contributed by atoms with van der Waals surface area (Å²) in [5, 5.41) is 24.8. The van der Waals surface area contributed by atoms with Crippen LogP contribution in [0.4, 0.5) is 10.9 Å². The second-order valence-electron chi connectivity index (χ2n) is 23.5. The van der Waals surface area contributed by atoms with Gasteiger partial charge in [0, 0.05) is 61.4 Å². The molecule has 22 heteroatoms. The van der Waals surface area contributed by atoms with Gasteiger partial charge in [-0.05, 0) is 104 Å². The first-order valence-corrected chi connectivity index (χ1v) is 32.1. The first-order valence-electron chi connectivity index (χ1n) is 28.7. The van der Waals surface area contributed by atoms with Gasteiger partial charge in [0.25, 0.3) is 11.8 Å². The quantitative estimate of drug-likeness (QED) is 0.0397. The van der Waals surface area contributed by atoms with Crippen molar-refractivity contribution in [3.05, 3.63) is 130 Å². The van der Waals surface area contributed by atoms with Gasteiger partial charge in [-0.15, -0.1) is 11.3 Å². The number of carbonyl (C=O) groups is 5. The molecule has 0 bridgehead atoms. The molecule has 1 saturated heterocycles. The molecule has 1 fully saturated rings. The van der Waals surface area contributed by atoms with Crippen LogP contribution in [0.1, 0.15) is 141 Å². The van der Waals surface area contributed by atoms with Crippen molar-refractivity contribution in [2.24, 2.45) is 11.3 Å². The summed E-state index contributed by atoms with van der Waals surface area (Å²) < 4.78 is 32.4. The third-order valence-corrected chi connectivity index (χ3v) is 18.8. The molecule has 5 amide bonds. The molecule has 6 heterocycles. The number of aliphatic hydroxyl groups is 1. The molecule has 2 aliphatic rings. The Morgan fingerprint density at radius 1 is 0.845 bits per heavy atom. The number of hydrogen-bond donors (Lipinski definition) is 5. The smallest absolute Gasteiger partial charge is 0.284 e. The molecule has 0 aliphatic carbocycles. The largest absolute Gasteiger partial charge is 0.391 e. The van der Waals surface area contributed by atoms with Crippen molar-refractivity contribution < 1.29 is 37.5 Å². The third kappa shape index (κ3) is 14.6. The Bertz CT molecular complexity index is 3630. The normalized spacial score (nSPS) is 16.1. The highest BCUT2D eigenvalue weighted by molar-refractivity contribution is 7.90. The van der Waals surface area contributed by atoms with E-state index in [1.165, 1.54) is 16.2 Å². The molecule has 4 atom stereocenters. The molecule has 0 spiro atoms. The average molecular weight is 1200 g/mol. The number of amides is 5. The Morgan fingerprint density at radius 2 is 1.60 bits per heavy atom. The Hall–Kier alpha value is -7.40. The summed E-state index contributed by atoms with van der Waals surface area (Å²) in [5.74, 6) is -1.91. The van der Waals surface area contributed by atoms with Crippen molar-refractivity contribution in [2.45, 2.75) is 144 Å². The van der Waals surface area contributed by atoms with Gasteiger partial charge in [-0.25, -0.2) is 28.1 Å². The maximum Gasteiger partial charge on any atom is 0.284 e. The Morgan fingerprint density at radius 3 is 2.32 bits per heavy atom. The highest BCUT2D eigenvalue weighted by atomic mass is 32.2. The summed E-state index contributed by atoms with van der Waals surface area (Å²) >= 11 is 2.96. The van der Waals surface area contributed by atoms with Crippen molar-refractivity contribution in [1.82, 2.24) is 45.0 Å². The molecule has 5 N–H and O–H groups in total. The van der Waals surface area contributed by atoms with Crippen molar-refractivity contribution in [3.8, 4) is 21.6 Å². The van der Waals surface area contributed by atoms with Gasteiger partial charge in [-0.1, -0.05) is 114 Å². The monoisotopic (exact) mass is 1200 g/mol. The number of aryl methyl sites for hydroxylation is 1. The number of likely N-dealkylation sites (tertiary alicyclic amines) is 1. The molecule has 0 radical (unpaired) electrons. The number of pyridine rings is 1. The summed E-state index contributed by atoms with van der Waals surface area (Å²) in [4.78, 5) is 87.9. The van der Waals surface area contributed by atoms with E-state index in [2.05, 4.69) is 49.6 Å². The van der Waals surface area contributed by atoms with E-state index in [0.29, 0.717) is 85.3 Å². The number of β-amino-alcohol motifs (C(OH)–C–C–N with tert-alkyl or cyclic N) is 1. The fourth-order valence-electron chi connectivity index (χ4n) is 10.9. The zero-order valence-electron chi connectivity index (χ0n) is 48.9. The maximum absolute atomic E-state index is 14.3. The average Bonchev–Trinajstić information content (AvgIpc) is 3.95. The van der Waals surface area contributed by atoms with Crippen LogP contribution in [0.25, 0.3) is 31.8 Å². The summed E-state index contributed by atoms with van der Waals surface area (Å²) in [5.41, 5.74) is 8.89. The molecule has 9 rings (SSSR count). The number of nitrogens with one attached hydrogen (secondary N) is 4. The van der Waals surface area contributed by atoms with Crippen molar-refractivity contribution in [3.63, 3.8) is 0 Å². The van der Waals surface area contributed by atoms with Crippen LogP contribution in [0.15, 0.2) is 90.6 Å². The van der Waals surface area contributed by atoms with Crippen molar-refractivity contribution in [2.75, 3.05) is 29.1 Å². The second-order valence-corrected chi connectivity index (χ2v) is 27.2. The lowest BCUT2D eigenvalue weighted by atomic mass is 9.85. The number of sulfonamides is 1. The Kier molecular flexibility index (Phi) is 19.1. The number of thiazole rings is 2. The van der Waals surface area contributed by atoms with Gasteiger partial charge in [-0.3, -0.25) is 34.0 Å². The number of aliphatic hydroxyl groups excluding tert-OH is 1. The number of benzene rings is 3. The molecule has 0 saturated carbocycles. The predicted octanol–water partition coefficient (Wildman–Crippen LogP) is 9.54. The molecule has 2 aliphatic heterocycles. The third-order valence-electron chi connectivity index (χ3n) is 15.5. The fraction of sp³-hybridized carbons (Fsp3) is 0.435. The fourth-order valence-corrected chi connectivity index (χ4v) is 13.7. The zero-order valence-corrected chi connectivity index (χ0v) is 51.3. The number of nitrogens with zero attached hydrogens (tertiary/aromatic N) is 7. The molecular weight excluding hydrogens is 1120 g/mol. The SMILES string of the molecule is Cc1ncsc1-c1ccc([C@H](C)NC(=O)[C@@H]2C[C@@H](O)CN2C(=O)[C@H](NC(=O)CCCCCCCS(=O)(=O)NC(=O)c2nc(N3CCc4cccc(C(=O)Nc5nc6ccccc6s5)c4C3)ccc2-c2cnn(CC(C)C)c2C)C(C)(C)C)cc1. The van der Waals surface area contributed by atoms with Crippen LogP contribution in [-0.4, -0.2) is 110 Å². The van der Waals surface area contributed by atoms with E-state index in [9.17, 15) is 37.5 Å². The predicted molar refractivity (Wildman–Crippen MR) is 329 cm³/mol. The highest BCUT2D eigenvalue weighted by Gasteiger charge is 2.45. The summed E-state index contributed by atoms with van der Waals surface area (Å²) in [7, 11) is -4.13. The van der Waals surface area contributed by atoms with Gasteiger partial charge in [0.2, 0.25) is 27.7 Å². The van der Waals surface area contributed by atoms with E-state index in [-0.39, 0.29) is 55.1 Å². The van der Waals surface area contributed by atoms with E-state index in [1.807, 2.05) is 123 Å². The number of anilines is 2. The van der Waals surface area contributed by atoms with Crippen LogP contribution in [0.5, 0.6) is 0 Å². The highest BCUT2D eigenvalue weighted by Crippen LogP contribution is 2.34. The van der Waals surface area contributed by atoms with E-state index in [1.54, 1.807) is 29.7 Å². The number of hydrogen-bond acceptors (Lipinski definition) is 15. The van der Waals surface area contributed by atoms with Crippen LogP contribution in [0.3, 0.4) is 0 Å². The first kappa shape index (κ1) is 61.2. The minimum atomic E-state index is -4.13. The van der Waals surface area contributed by atoms with Crippen LogP contribution >= 0.6 is 22.7 Å². The number of unbranched alkanes of at least 4 members (excludes halogenated alkanes) is 4. The van der Waals surface area contributed by atoms with Gasteiger partial charge >= 0.3 is 0 Å². The molecule has 0 unspecified atom stereocenters. The van der Waals surface area contributed by atoms with Gasteiger partial charge < -0.3 is 25.5 Å². The minimum absolute atomic E-state index is 0.0429. The standard InChI is InChI=1S/C62H75N11O8S3/c1-37(2)33-73-40(5)47(32-64-73)45-26-27-52(71-29-28-42-17-16-18-46(48(42)35-71)57(76)69-61-66-49-19-13-14-20-51(49)83-61)67-54(45)59(78)70-84(80,81)30-15-11-9-10-12-21-53(75)68-56(62(6,7)8)60(79)72-34-44(74)31-50(72)58(77)65-38(3)41-22-24-43(25-23-41)55-39(4)63-36-82-55/h13-14,16-20,22-27,32,36-38,44,50,56,74H,9-12,15,21,28-31,33-35H2,1-8H3,(H,65,77)(H,68,75)(H,70,78)(H,66,69,76)/t38-,44+,50-,56-/m0/s1. The van der Waals surface area contributed by atoms with Gasteiger partial charge in [0.05, 0.1) is 50.4 Å². The van der Waals surface area contributed by atoms with Crippen LogP contribution in [0.2, 0.25) is 0 Å². The molecular formula is C62H75N11O8S3. The maximum atomic E-state index is 14.3. The van der Waals surface area contributed by atoms with Crippen molar-refractivity contribution in [1.29, 1.82) is 0 Å². The number of rotatable bonds is 22. The molecule has 4 aromatic heterocycles. The topological polar surface area (TPSA) is 251 Å². The minimum Gasteiger partial charge on any atom is -0.391 e. The van der Waals surface area contributed by atoms with Gasteiger partial charge in [-0.2, -0.15) is 5.10 Å². The zero-order chi connectivity index (χ0) is 60.0. The van der Waals surface area contributed by atoms with E-state index >= 15 is 0 Å². The molecule has 19 nitrogen and oxygen atoms in total. The molecule has 3 aromatic carbocycles. The van der Waals surface area contributed by atoms with E-state index in [0.717, 1.165) is 48.7 Å². The Balaban J connectivity index is 0.780. The lowest BCUT2D eigenvalue weighted by Crippen LogP contribution is -2.57. The van der Waals surface area contributed by atoms with E-state index in [4.69, 9.17) is 4.98 Å². The van der Waals surface area contributed by atoms with Crippen LogP contribution in [-0.2, 0) is 43.9 Å². The lowest BCUT2D eigenvalue weighted by Gasteiger charge is -2.35. The second kappa shape index (κ2) is 26.3. The van der Waals surface area contributed by atoms with Gasteiger partial charge in [0.15, 0.2) is 5.13 Å². The lowest BCUT2D eigenvalue weighted by molar-refractivity contribution is -0.144. The summed E-state index contributed by atoms with van der Waals surface area (Å²) in [6, 6.07) is 22.5.